The van der Waals surface area contributed by atoms with Crippen LogP contribution in [0.3, 0.4) is 0 Å². The molecule has 33 heteroatoms. The number of nitrogens with zero attached hydrogens (tertiary/aromatic N) is 18. The third-order valence-corrected chi connectivity index (χ3v) is 19.8. The van der Waals surface area contributed by atoms with E-state index in [1.807, 2.05) is 41.9 Å². The zero-order valence-corrected chi connectivity index (χ0v) is 61.3. The molecule has 108 heavy (non-hydrogen) atoms. The van der Waals surface area contributed by atoms with Crippen LogP contribution in [0.1, 0.15) is 120 Å². The molecule has 3 saturated carbocycles. The van der Waals surface area contributed by atoms with Gasteiger partial charge in [-0.05, 0) is 136 Å². The zero-order valence-electron chi connectivity index (χ0n) is 61.3. The minimum absolute atomic E-state index is 0.00198. The molecule has 31 nitrogen and oxygen atoms in total. The number of carbonyl (C=O) groups is 9. The lowest BCUT2D eigenvalue weighted by Crippen LogP contribution is -2.48. The summed E-state index contributed by atoms with van der Waals surface area (Å²) in [6.07, 6.45) is 11.8. The number of amides is 9. The van der Waals surface area contributed by atoms with Crippen LogP contribution in [0.25, 0.3) is 0 Å². The third kappa shape index (κ3) is 20.5. The monoisotopic (exact) mass is 1480 g/mol. The lowest BCUT2D eigenvalue weighted by atomic mass is 9.77. The number of methoxy groups -OCH3 is 1. The molecular weight excluding hydrogens is 1390 g/mol. The SMILES string of the molecule is CN1CCN(Cc2ccc(N(C)C(=O)Nc3cc(CC4CC(F)(F)C4)c(C#N)cn3)nc2C=O)C(=O)C1.CN1CCN(Cc2ccc(N(C)C(=O)Nc3cc(CC4CC4)c(C#N)cn3)nc2C=O)C(=O)C1.COCC1(Cc2cc(NC(=O)N(C)c3ccc(CN4CCN(C)CC4=O)c(C=O)n3)ncc2C#N)CC1. The van der Waals surface area contributed by atoms with Crippen LogP contribution < -0.4 is 30.7 Å². The second kappa shape index (κ2) is 35.1. The van der Waals surface area contributed by atoms with E-state index >= 15 is 0 Å². The van der Waals surface area contributed by atoms with E-state index in [1.54, 1.807) is 77.4 Å². The van der Waals surface area contributed by atoms with Crippen LogP contribution in [0.5, 0.6) is 0 Å². The maximum absolute atomic E-state index is 13.2. The van der Waals surface area contributed by atoms with Gasteiger partial charge in [-0.1, -0.05) is 18.2 Å². The topological polar surface area (TPSA) is 377 Å². The van der Waals surface area contributed by atoms with Gasteiger partial charge in [0.05, 0.1) is 42.9 Å². The second-order valence-corrected chi connectivity index (χ2v) is 28.2. The summed E-state index contributed by atoms with van der Waals surface area (Å²) >= 11 is 0. The molecule has 6 aromatic rings. The van der Waals surface area contributed by atoms with E-state index in [2.05, 4.69) is 58.0 Å². The number of piperazine rings is 3. The number of aldehydes is 3. The highest BCUT2D eigenvalue weighted by Crippen LogP contribution is 2.49. The molecule has 564 valence electrons. The molecule has 12 rings (SSSR count). The number of aromatic nitrogens is 6. The van der Waals surface area contributed by atoms with Crippen molar-refractivity contribution in [3.05, 3.63) is 140 Å². The molecule has 0 aromatic carbocycles. The summed E-state index contributed by atoms with van der Waals surface area (Å²) < 4.78 is 31.8. The van der Waals surface area contributed by atoms with Gasteiger partial charge in [0.15, 0.2) is 18.9 Å². The number of hydrogen-bond donors (Lipinski definition) is 3. The minimum atomic E-state index is -2.66. The molecule has 3 aliphatic heterocycles. The van der Waals surface area contributed by atoms with Crippen molar-refractivity contribution in [3.8, 4) is 18.2 Å². The summed E-state index contributed by atoms with van der Waals surface area (Å²) in [5, 5.41) is 36.3. The quantitative estimate of drug-likeness (QED) is 0.0554. The van der Waals surface area contributed by atoms with Gasteiger partial charge >= 0.3 is 18.1 Å². The number of hydrogen-bond acceptors (Lipinski definition) is 22. The van der Waals surface area contributed by atoms with Gasteiger partial charge in [-0.15, -0.1) is 0 Å². The minimum Gasteiger partial charge on any atom is -0.384 e. The van der Waals surface area contributed by atoms with Crippen molar-refractivity contribution in [2.24, 2.45) is 17.3 Å². The lowest BCUT2D eigenvalue weighted by molar-refractivity contribution is -0.136. The molecular formula is C75H85F2N21O10. The molecule has 9 heterocycles. The van der Waals surface area contributed by atoms with Gasteiger partial charge in [0.2, 0.25) is 23.6 Å². The molecule has 6 aromatic heterocycles. The first-order valence-electron chi connectivity index (χ1n) is 35.2. The summed E-state index contributed by atoms with van der Waals surface area (Å²) in [7, 11) is 11.9. The average molecular weight is 1480 g/mol. The Balaban J connectivity index is 0.000000173. The van der Waals surface area contributed by atoms with E-state index in [9.17, 15) is 67.7 Å². The zero-order chi connectivity index (χ0) is 77.6. The number of anilines is 6. The van der Waals surface area contributed by atoms with Gasteiger partial charge in [-0.3, -0.25) is 74.1 Å². The Morgan fingerprint density at radius 2 is 0.861 bits per heavy atom. The molecule has 0 bridgehead atoms. The molecule has 3 N–H and O–H groups in total. The number of nitriles is 3. The van der Waals surface area contributed by atoms with Crippen molar-refractivity contribution in [1.29, 1.82) is 15.8 Å². The van der Waals surface area contributed by atoms with E-state index in [4.69, 9.17) is 4.74 Å². The van der Waals surface area contributed by atoms with Gasteiger partial charge < -0.3 is 19.4 Å². The summed E-state index contributed by atoms with van der Waals surface area (Å²) in [6, 6.07) is 19.7. The number of urea groups is 3. The fraction of sp³-hybridized carbons (Fsp3) is 0.440. The van der Waals surface area contributed by atoms with E-state index in [1.165, 1.54) is 53.5 Å². The van der Waals surface area contributed by atoms with Crippen molar-refractivity contribution >= 4 is 89.6 Å². The van der Waals surface area contributed by atoms with Crippen LogP contribution >= 0.6 is 0 Å². The van der Waals surface area contributed by atoms with E-state index in [0.29, 0.717) is 141 Å². The second-order valence-electron chi connectivity index (χ2n) is 28.2. The van der Waals surface area contributed by atoms with E-state index in [0.717, 1.165) is 62.9 Å². The summed E-state index contributed by atoms with van der Waals surface area (Å²) in [5.41, 5.74) is 5.84. The molecule has 0 atom stereocenters. The standard InChI is InChI=1S/C26H31N7O4.C25H27F2N7O3.C24H27N7O3/c1-31-8-9-33(24(35)15-31)14-18-4-5-23(29-21(18)16-34)32(2)25(36)30-22-10-19(20(12-27)13-28-22)11-26(6-7-26)17-37-3;1-32-5-6-34(23(36)14-32)13-17-3-4-22(30-20(17)15-35)33(2)24(37)31-21-8-18(19(11-28)12-29-21)7-16-9-25(26,27)10-16;1-29-7-8-31(23(33)14-29)13-17-5-6-22(27-20(17)15-32)30(2)24(34)28-21-10-18(9-16-3-4-16)19(11-25)12-26-21/h4-5,10,13,16H,6-9,11,14-15,17H2,1-3H3,(H,28,30,36);3-4,8,12,15-16H,5-7,9-10,13-14H2,1-2H3,(H,29,31,37);5-6,10,12,15-16H,3-4,7-9,13-14H2,1-2H3,(H,26,28,34). The summed E-state index contributed by atoms with van der Waals surface area (Å²) in [4.78, 5) is 151. The molecule has 6 fully saturated rings. The molecule has 3 saturated heterocycles. The van der Waals surface area contributed by atoms with Crippen molar-refractivity contribution in [3.63, 3.8) is 0 Å². The van der Waals surface area contributed by atoms with E-state index < -0.39 is 24.0 Å². The maximum atomic E-state index is 13.2. The van der Waals surface area contributed by atoms with Crippen LogP contribution in [0.4, 0.5) is 58.1 Å². The first-order chi connectivity index (χ1) is 51.7. The Labute approximate surface area is 623 Å². The smallest absolute Gasteiger partial charge is 0.328 e. The summed E-state index contributed by atoms with van der Waals surface area (Å²) in [5.74, 6) is -0.730. The van der Waals surface area contributed by atoms with Crippen molar-refractivity contribution < 1.29 is 56.7 Å². The molecule has 3 aliphatic carbocycles. The average Bonchev–Trinajstić information content (AvgIpc) is 1.61. The Bertz CT molecular complexity index is 4550. The van der Waals surface area contributed by atoms with Crippen LogP contribution in [0.2, 0.25) is 0 Å². The highest BCUT2D eigenvalue weighted by atomic mass is 19.3. The predicted molar refractivity (Wildman–Crippen MR) is 392 cm³/mol. The molecule has 6 aliphatic rings. The normalized spacial score (nSPS) is 16.8. The largest absolute Gasteiger partial charge is 0.384 e. The molecule has 9 amide bonds. The van der Waals surface area contributed by atoms with Crippen LogP contribution in [-0.2, 0) is 58.0 Å². The molecule has 0 spiro atoms. The fourth-order valence-corrected chi connectivity index (χ4v) is 12.9. The van der Waals surface area contributed by atoms with Gasteiger partial charge in [0, 0.05) is 135 Å². The van der Waals surface area contributed by atoms with E-state index in [-0.39, 0.29) is 95.1 Å². The Kier molecular flexibility index (Phi) is 25.7. The number of nitrogens with one attached hydrogen (secondary N) is 3. The maximum Gasteiger partial charge on any atom is 0.328 e. The highest BCUT2D eigenvalue weighted by Gasteiger charge is 2.45. The number of pyridine rings is 6. The number of alkyl halides is 2. The third-order valence-electron chi connectivity index (χ3n) is 19.8. The Morgan fingerprint density at radius 3 is 1.16 bits per heavy atom. The molecule has 0 unspecified atom stereocenters. The first-order valence-corrected chi connectivity index (χ1v) is 35.2. The highest BCUT2D eigenvalue weighted by molar-refractivity contribution is 6.02. The predicted octanol–water partition coefficient (Wildman–Crippen LogP) is 6.82. The number of halogens is 2. The Morgan fingerprint density at radius 1 is 0.528 bits per heavy atom. The van der Waals surface area contributed by atoms with Gasteiger partial charge in [-0.25, -0.2) is 53.1 Å². The van der Waals surface area contributed by atoms with Crippen LogP contribution in [-0.4, -0.2) is 235 Å². The summed E-state index contributed by atoms with van der Waals surface area (Å²) in [6.45, 7) is 6.38. The van der Waals surface area contributed by atoms with Gasteiger partial charge in [0.25, 0.3) is 0 Å². The molecule has 0 radical (unpaired) electrons. The van der Waals surface area contributed by atoms with Crippen LogP contribution in [0, 0.1) is 51.2 Å². The van der Waals surface area contributed by atoms with Crippen molar-refractivity contribution in [2.75, 3.05) is 146 Å². The first kappa shape index (κ1) is 78.9. The Hall–Kier alpha value is -11.7. The fourth-order valence-electron chi connectivity index (χ4n) is 12.9. The number of likely N-dealkylation sites (N-methyl/N-ethyl adjacent to an activating group) is 3. The van der Waals surface area contributed by atoms with Crippen molar-refractivity contribution in [1.82, 2.24) is 59.3 Å². The van der Waals surface area contributed by atoms with Gasteiger partial charge in [0.1, 0.15) is 70.2 Å². The number of ether oxygens (including phenoxy) is 1. The van der Waals surface area contributed by atoms with Gasteiger partial charge in [-0.2, -0.15) is 15.8 Å². The lowest BCUT2D eigenvalue weighted by Gasteiger charge is -2.35. The van der Waals surface area contributed by atoms with Crippen molar-refractivity contribution in [2.45, 2.75) is 83.3 Å². The van der Waals surface area contributed by atoms with Crippen LogP contribution in [0.15, 0.2) is 73.2 Å². The number of rotatable bonds is 23. The number of carbonyl (C=O) groups excluding carboxylic acids is 9.